The van der Waals surface area contributed by atoms with E-state index in [9.17, 15) is 5.11 Å². The average molecular weight is 278 g/mol. The highest BCUT2D eigenvalue weighted by Crippen LogP contribution is 2.31. The van der Waals surface area contributed by atoms with E-state index in [1.807, 2.05) is 35.9 Å². The van der Waals surface area contributed by atoms with Crippen molar-refractivity contribution in [3.63, 3.8) is 0 Å². The Bertz CT molecular complexity index is 578. The van der Waals surface area contributed by atoms with E-state index in [1.54, 1.807) is 11.8 Å². The maximum Gasteiger partial charge on any atom is 0.133 e. The fraction of sp³-hybridized carbons (Fsp3) is 0.154. The summed E-state index contributed by atoms with van der Waals surface area (Å²) in [5, 5.41) is 18.8. The third-order valence-electron chi connectivity index (χ3n) is 2.67. The first-order valence-corrected chi connectivity index (χ1v) is 7.48. The van der Waals surface area contributed by atoms with Gasteiger partial charge in [-0.3, -0.25) is 5.41 Å². The third kappa shape index (κ3) is 2.43. The molecule has 1 aromatic heterocycles. The van der Waals surface area contributed by atoms with Crippen LogP contribution >= 0.6 is 23.1 Å². The minimum absolute atomic E-state index is 0.0174. The van der Waals surface area contributed by atoms with Crippen molar-refractivity contribution < 1.29 is 5.11 Å². The van der Waals surface area contributed by atoms with E-state index in [4.69, 9.17) is 11.1 Å². The van der Waals surface area contributed by atoms with Gasteiger partial charge in [0.1, 0.15) is 5.84 Å². The molecule has 0 atom stereocenters. The molecule has 0 saturated carbocycles. The summed E-state index contributed by atoms with van der Waals surface area (Å²) in [5.74, 6) is 0.0829. The molecule has 1 aromatic carbocycles. The van der Waals surface area contributed by atoms with Crippen molar-refractivity contribution in [1.82, 2.24) is 0 Å². The zero-order valence-electron chi connectivity index (χ0n) is 9.93. The van der Waals surface area contributed by atoms with Gasteiger partial charge in [0.05, 0.1) is 11.5 Å². The first-order valence-electron chi connectivity index (χ1n) is 5.37. The number of thiophene rings is 1. The van der Waals surface area contributed by atoms with Gasteiger partial charge in [0.25, 0.3) is 0 Å². The molecule has 2 rings (SSSR count). The number of hydrogen-bond donors (Lipinski definition) is 3. The van der Waals surface area contributed by atoms with Crippen LogP contribution in [0.1, 0.15) is 10.4 Å². The number of aliphatic hydroxyl groups is 1. The van der Waals surface area contributed by atoms with Gasteiger partial charge in [0.15, 0.2) is 0 Å². The molecule has 0 aliphatic heterocycles. The van der Waals surface area contributed by atoms with Gasteiger partial charge >= 0.3 is 0 Å². The summed E-state index contributed by atoms with van der Waals surface area (Å²) >= 11 is 3.07. The number of nitrogens with two attached hydrogens (primary N) is 1. The molecule has 94 valence electrons. The van der Waals surface area contributed by atoms with Crippen LogP contribution in [-0.4, -0.2) is 17.2 Å². The van der Waals surface area contributed by atoms with Gasteiger partial charge in [-0.05, 0) is 41.0 Å². The van der Waals surface area contributed by atoms with Crippen LogP contribution < -0.4 is 5.73 Å². The molecule has 1 heterocycles. The van der Waals surface area contributed by atoms with E-state index in [0.717, 1.165) is 26.5 Å². The van der Waals surface area contributed by atoms with Gasteiger partial charge in [-0.2, -0.15) is 0 Å². The normalized spacial score (nSPS) is 10.6. The number of hydrogen-bond acceptors (Lipinski definition) is 4. The Labute approximate surface area is 114 Å². The molecule has 3 nitrogen and oxygen atoms in total. The largest absolute Gasteiger partial charge is 0.392 e. The maximum atomic E-state index is 9.37. The van der Waals surface area contributed by atoms with Crippen LogP contribution in [0.15, 0.2) is 34.5 Å². The number of benzene rings is 1. The molecule has 0 unspecified atom stereocenters. The molecule has 0 aliphatic rings. The first-order chi connectivity index (χ1) is 8.67. The van der Waals surface area contributed by atoms with Crippen LogP contribution in [0.2, 0.25) is 0 Å². The Balaban J connectivity index is 2.51. The fourth-order valence-corrected chi connectivity index (χ4v) is 3.18. The molecule has 0 spiro atoms. The van der Waals surface area contributed by atoms with Crippen molar-refractivity contribution in [3.05, 3.63) is 40.1 Å². The summed E-state index contributed by atoms with van der Waals surface area (Å²) in [5.41, 5.74) is 8.41. The van der Waals surface area contributed by atoms with E-state index in [0.29, 0.717) is 0 Å². The van der Waals surface area contributed by atoms with Crippen molar-refractivity contribution in [2.45, 2.75) is 11.5 Å². The van der Waals surface area contributed by atoms with Gasteiger partial charge in [-0.1, -0.05) is 6.07 Å². The highest BCUT2D eigenvalue weighted by molar-refractivity contribution is 7.98. The quantitative estimate of drug-likeness (QED) is 0.457. The smallest absolute Gasteiger partial charge is 0.133 e. The Morgan fingerprint density at radius 1 is 1.44 bits per heavy atom. The predicted octanol–water partition coefficient (Wildman–Crippen LogP) is 2.91. The molecular weight excluding hydrogens is 264 g/mol. The monoisotopic (exact) mass is 278 g/mol. The Kier molecular flexibility index (Phi) is 4.06. The summed E-state index contributed by atoms with van der Waals surface area (Å²) in [6.07, 6.45) is 1.99. The van der Waals surface area contributed by atoms with Crippen LogP contribution in [0.5, 0.6) is 0 Å². The minimum Gasteiger partial charge on any atom is -0.392 e. The molecule has 5 heteroatoms. The highest BCUT2D eigenvalue weighted by atomic mass is 32.2. The summed E-state index contributed by atoms with van der Waals surface area (Å²) < 4.78 is 0. The number of amidine groups is 1. The molecule has 0 aliphatic carbocycles. The number of aliphatic hydroxyl groups excluding tert-OH is 1. The van der Waals surface area contributed by atoms with Crippen molar-refractivity contribution in [3.8, 4) is 11.1 Å². The summed E-state index contributed by atoms with van der Waals surface area (Å²) in [7, 11) is 0. The summed E-state index contributed by atoms with van der Waals surface area (Å²) in [4.78, 5) is 1.84. The second-order valence-corrected chi connectivity index (χ2v) is 5.53. The Morgan fingerprint density at radius 2 is 2.22 bits per heavy atom. The van der Waals surface area contributed by atoms with Crippen molar-refractivity contribution in [1.29, 1.82) is 5.41 Å². The molecule has 0 bridgehead atoms. The third-order valence-corrected chi connectivity index (χ3v) is 4.46. The Hall–Kier alpha value is -1.30. The molecular formula is C13H14N2OS2. The van der Waals surface area contributed by atoms with E-state index < -0.39 is 0 Å². The van der Waals surface area contributed by atoms with Gasteiger partial charge in [0, 0.05) is 10.5 Å². The first kappa shape index (κ1) is 13.1. The van der Waals surface area contributed by atoms with E-state index in [1.165, 1.54) is 11.3 Å². The number of nitrogen functional groups attached to an aromatic ring is 1. The van der Waals surface area contributed by atoms with E-state index in [-0.39, 0.29) is 12.4 Å². The van der Waals surface area contributed by atoms with Gasteiger partial charge in [0.2, 0.25) is 0 Å². The molecule has 0 saturated heterocycles. The summed E-state index contributed by atoms with van der Waals surface area (Å²) in [6.45, 7) is 0.0174. The van der Waals surface area contributed by atoms with Crippen molar-refractivity contribution >= 4 is 28.9 Å². The minimum atomic E-state index is 0.0174. The van der Waals surface area contributed by atoms with Crippen LogP contribution in [0.4, 0.5) is 0 Å². The van der Waals surface area contributed by atoms with Crippen molar-refractivity contribution in [2.24, 2.45) is 5.73 Å². The van der Waals surface area contributed by atoms with E-state index in [2.05, 4.69) is 0 Å². The van der Waals surface area contributed by atoms with Gasteiger partial charge < -0.3 is 10.8 Å². The summed E-state index contributed by atoms with van der Waals surface area (Å²) in [6, 6.07) is 7.91. The second kappa shape index (κ2) is 5.56. The average Bonchev–Trinajstić information content (AvgIpc) is 2.87. The zero-order valence-corrected chi connectivity index (χ0v) is 11.6. The molecule has 18 heavy (non-hydrogen) atoms. The number of thioether (sulfide) groups is 1. The number of nitrogens with one attached hydrogen (secondary N) is 1. The molecule has 0 amide bonds. The van der Waals surface area contributed by atoms with Crippen LogP contribution in [0, 0.1) is 5.41 Å². The predicted molar refractivity (Wildman–Crippen MR) is 78.5 cm³/mol. The zero-order chi connectivity index (χ0) is 13.1. The lowest BCUT2D eigenvalue weighted by Crippen LogP contribution is -2.09. The highest BCUT2D eigenvalue weighted by Gasteiger charge is 2.11. The SMILES string of the molecule is CSc1ccc(-c2ccsc2C(=N)N)cc1CO. The second-order valence-electron chi connectivity index (χ2n) is 3.76. The van der Waals surface area contributed by atoms with Crippen LogP contribution in [-0.2, 0) is 6.61 Å². The lowest BCUT2D eigenvalue weighted by Gasteiger charge is -2.08. The van der Waals surface area contributed by atoms with Gasteiger partial charge in [-0.15, -0.1) is 23.1 Å². The standard InChI is InChI=1S/C13H14N2OS2/c1-17-11-3-2-8(6-9(11)7-16)10-4-5-18-12(10)13(14)15/h2-6,16H,7H2,1H3,(H3,14,15). The lowest BCUT2D eigenvalue weighted by molar-refractivity contribution is 0.279. The molecule has 0 radical (unpaired) electrons. The Morgan fingerprint density at radius 3 is 2.83 bits per heavy atom. The van der Waals surface area contributed by atoms with Crippen LogP contribution in [0.25, 0.3) is 11.1 Å². The number of rotatable bonds is 4. The van der Waals surface area contributed by atoms with Crippen LogP contribution in [0.3, 0.4) is 0 Å². The molecule has 0 fully saturated rings. The molecule has 2 aromatic rings. The van der Waals surface area contributed by atoms with Crippen molar-refractivity contribution in [2.75, 3.05) is 6.26 Å². The lowest BCUT2D eigenvalue weighted by atomic mass is 10.0. The fourth-order valence-electron chi connectivity index (χ4n) is 1.81. The van der Waals surface area contributed by atoms with Gasteiger partial charge in [-0.25, -0.2) is 0 Å². The maximum absolute atomic E-state index is 9.37. The topological polar surface area (TPSA) is 70.1 Å². The molecule has 4 N–H and O–H groups in total. The van der Waals surface area contributed by atoms with E-state index >= 15 is 0 Å².